The van der Waals surface area contributed by atoms with Crippen LogP contribution in [0.15, 0.2) is 18.3 Å². The van der Waals surface area contributed by atoms with Crippen LogP contribution in [0, 0.1) is 12.8 Å². The van der Waals surface area contributed by atoms with Gasteiger partial charge in [0.1, 0.15) is 0 Å². The third-order valence-corrected chi connectivity index (χ3v) is 4.54. The van der Waals surface area contributed by atoms with Gasteiger partial charge < -0.3 is 20.3 Å². The smallest absolute Gasteiger partial charge is 0.315 e. The van der Waals surface area contributed by atoms with E-state index in [0.717, 1.165) is 31.7 Å². The zero-order valence-electron chi connectivity index (χ0n) is 14.0. The second-order valence-electron chi connectivity index (χ2n) is 6.51. The lowest BCUT2D eigenvalue weighted by molar-refractivity contribution is 0.0789. The fraction of sp³-hybridized carbons (Fsp3) is 0.588. The first kappa shape index (κ1) is 16.7. The minimum Gasteiger partial charge on any atom is -0.381 e. The highest BCUT2D eigenvalue weighted by molar-refractivity contribution is 5.94. The van der Waals surface area contributed by atoms with Gasteiger partial charge in [0, 0.05) is 50.1 Å². The summed E-state index contributed by atoms with van der Waals surface area (Å²) >= 11 is 0. The number of hydrogen-bond donors (Lipinski definition) is 2. The monoisotopic (exact) mass is 332 g/mol. The zero-order chi connectivity index (χ0) is 16.9. The van der Waals surface area contributed by atoms with E-state index < -0.39 is 0 Å². The number of carbonyl (C=O) groups excluding carboxylic acids is 2. The Bertz CT molecular complexity index is 584. The Morgan fingerprint density at radius 3 is 2.96 bits per heavy atom. The van der Waals surface area contributed by atoms with Crippen LogP contribution in [0.3, 0.4) is 0 Å². The molecule has 2 atom stereocenters. The molecule has 2 saturated heterocycles. The van der Waals surface area contributed by atoms with E-state index in [0.29, 0.717) is 31.1 Å². The molecule has 1 aromatic rings. The first-order valence-corrected chi connectivity index (χ1v) is 8.46. The molecule has 7 nitrogen and oxygen atoms in total. The number of hydrogen-bond acceptors (Lipinski definition) is 4. The highest BCUT2D eigenvalue weighted by Gasteiger charge is 2.28. The molecular formula is C17H24N4O3. The van der Waals surface area contributed by atoms with Gasteiger partial charge >= 0.3 is 6.03 Å². The second-order valence-corrected chi connectivity index (χ2v) is 6.51. The Balaban J connectivity index is 1.43. The molecule has 0 aromatic carbocycles. The Morgan fingerprint density at radius 2 is 2.25 bits per heavy atom. The number of rotatable bonds is 4. The number of aromatic nitrogens is 1. The summed E-state index contributed by atoms with van der Waals surface area (Å²) in [7, 11) is 0. The maximum absolute atomic E-state index is 12.4. The van der Waals surface area contributed by atoms with Gasteiger partial charge in [-0.1, -0.05) is 0 Å². The third kappa shape index (κ3) is 4.23. The Kier molecular flexibility index (Phi) is 5.30. The molecule has 3 rings (SSSR count). The van der Waals surface area contributed by atoms with Crippen LogP contribution >= 0.6 is 0 Å². The molecule has 2 aliphatic rings. The molecule has 0 aliphatic carbocycles. The number of amides is 3. The molecule has 130 valence electrons. The van der Waals surface area contributed by atoms with Crippen molar-refractivity contribution in [3.63, 3.8) is 0 Å². The van der Waals surface area contributed by atoms with Gasteiger partial charge in [-0.2, -0.15) is 0 Å². The summed E-state index contributed by atoms with van der Waals surface area (Å²) in [6.07, 6.45) is 3.37. The molecular weight excluding hydrogens is 308 g/mol. The normalized spacial score (nSPS) is 23.3. The minimum absolute atomic E-state index is 0.00724. The minimum atomic E-state index is -0.168. The fourth-order valence-electron chi connectivity index (χ4n) is 3.06. The molecule has 3 heterocycles. The number of likely N-dealkylation sites (tertiary alicyclic amines) is 1. The molecule has 7 heteroatoms. The molecule has 0 spiro atoms. The van der Waals surface area contributed by atoms with Crippen molar-refractivity contribution in [1.82, 2.24) is 20.5 Å². The van der Waals surface area contributed by atoms with Crippen LogP contribution < -0.4 is 10.6 Å². The Hall–Kier alpha value is -2.15. The van der Waals surface area contributed by atoms with Gasteiger partial charge in [0.25, 0.3) is 5.91 Å². The van der Waals surface area contributed by atoms with Crippen molar-refractivity contribution < 1.29 is 14.3 Å². The van der Waals surface area contributed by atoms with Gasteiger partial charge in [-0.15, -0.1) is 0 Å². The highest BCUT2D eigenvalue weighted by atomic mass is 16.5. The van der Waals surface area contributed by atoms with Crippen molar-refractivity contribution in [3.8, 4) is 0 Å². The Labute approximate surface area is 141 Å². The van der Waals surface area contributed by atoms with Crippen LogP contribution in [0.2, 0.25) is 0 Å². The van der Waals surface area contributed by atoms with E-state index in [1.807, 2.05) is 13.0 Å². The van der Waals surface area contributed by atoms with Crippen LogP contribution in [0.25, 0.3) is 0 Å². The Morgan fingerprint density at radius 1 is 1.38 bits per heavy atom. The summed E-state index contributed by atoms with van der Waals surface area (Å²) in [5, 5.41) is 5.84. The van der Waals surface area contributed by atoms with Gasteiger partial charge in [0.05, 0.1) is 12.2 Å². The lowest BCUT2D eigenvalue weighted by atomic mass is 10.1. The predicted octanol–water partition coefficient (Wildman–Crippen LogP) is 0.940. The molecule has 3 amide bonds. The van der Waals surface area contributed by atoms with Crippen LogP contribution in [0.4, 0.5) is 4.79 Å². The fourth-order valence-corrected chi connectivity index (χ4v) is 3.06. The molecule has 1 unspecified atom stereocenters. The number of ether oxygens (including phenoxy) is 1. The summed E-state index contributed by atoms with van der Waals surface area (Å²) in [5.74, 6) is 0.377. The molecule has 2 fully saturated rings. The first-order valence-electron chi connectivity index (χ1n) is 8.46. The van der Waals surface area contributed by atoms with Crippen molar-refractivity contribution >= 4 is 11.9 Å². The molecule has 0 saturated carbocycles. The van der Waals surface area contributed by atoms with Gasteiger partial charge in [0.2, 0.25) is 0 Å². The summed E-state index contributed by atoms with van der Waals surface area (Å²) in [6.45, 7) is 5.20. The van der Waals surface area contributed by atoms with Gasteiger partial charge in [0.15, 0.2) is 0 Å². The van der Waals surface area contributed by atoms with E-state index in [2.05, 4.69) is 15.6 Å². The topological polar surface area (TPSA) is 83.6 Å². The maximum atomic E-state index is 12.4. The summed E-state index contributed by atoms with van der Waals surface area (Å²) in [4.78, 5) is 30.3. The molecule has 24 heavy (non-hydrogen) atoms. The van der Waals surface area contributed by atoms with E-state index in [-0.39, 0.29) is 18.0 Å². The third-order valence-electron chi connectivity index (χ3n) is 4.54. The first-order chi connectivity index (χ1) is 11.6. The predicted molar refractivity (Wildman–Crippen MR) is 88.7 cm³/mol. The van der Waals surface area contributed by atoms with Crippen molar-refractivity contribution in [2.24, 2.45) is 5.92 Å². The standard InChI is InChI=1S/C17H24N4O3/c1-12-2-3-14(9-18-12)16(22)21-6-4-15(10-21)20-17(23)19-8-13-5-7-24-11-13/h2-3,9,13,15H,4-8,10-11H2,1H3,(H2,19,20,23)/t13?,15-/m1/s1. The van der Waals surface area contributed by atoms with Crippen molar-refractivity contribution in [2.75, 3.05) is 32.8 Å². The molecule has 1 aromatic heterocycles. The van der Waals surface area contributed by atoms with E-state index in [1.54, 1.807) is 17.2 Å². The average molecular weight is 332 g/mol. The van der Waals surface area contributed by atoms with Crippen LogP contribution in [-0.2, 0) is 4.74 Å². The highest BCUT2D eigenvalue weighted by Crippen LogP contribution is 2.14. The van der Waals surface area contributed by atoms with Crippen molar-refractivity contribution in [2.45, 2.75) is 25.8 Å². The van der Waals surface area contributed by atoms with E-state index in [4.69, 9.17) is 4.74 Å². The van der Waals surface area contributed by atoms with Gasteiger partial charge in [-0.05, 0) is 31.9 Å². The van der Waals surface area contributed by atoms with Crippen molar-refractivity contribution in [1.29, 1.82) is 0 Å². The van der Waals surface area contributed by atoms with Crippen molar-refractivity contribution in [3.05, 3.63) is 29.6 Å². The van der Waals surface area contributed by atoms with E-state index >= 15 is 0 Å². The number of aryl methyl sites for hydroxylation is 1. The lowest BCUT2D eigenvalue weighted by Crippen LogP contribution is -2.45. The SMILES string of the molecule is Cc1ccc(C(=O)N2CC[C@@H](NC(=O)NCC3CCOC3)C2)cn1. The number of nitrogens with one attached hydrogen (secondary N) is 2. The summed E-state index contributed by atoms with van der Waals surface area (Å²) in [6, 6.07) is 3.45. The van der Waals surface area contributed by atoms with E-state index in [1.165, 1.54) is 0 Å². The lowest BCUT2D eigenvalue weighted by Gasteiger charge is -2.18. The second kappa shape index (κ2) is 7.61. The molecule has 0 bridgehead atoms. The molecule has 2 N–H and O–H groups in total. The number of pyridine rings is 1. The van der Waals surface area contributed by atoms with Crippen LogP contribution in [0.5, 0.6) is 0 Å². The van der Waals surface area contributed by atoms with Crippen LogP contribution in [0.1, 0.15) is 28.9 Å². The average Bonchev–Trinajstić information content (AvgIpc) is 3.25. The number of nitrogens with zero attached hydrogens (tertiary/aromatic N) is 2. The number of carbonyl (C=O) groups is 2. The quantitative estimate of drug-likeness (QED) is 0.859. The summed E-state index contributed by atoms with van der Waals surface area (Å²) < 4.78 is 5.29. The zero-order valence-corrected chi connectivity index (χ0v) is 14.0. The summed E-state index contributed by atoms with van der Waals surface area (Å²) in [5.41, 5.74) is 1.48. The maximum Gasteiger partial charge on any atom is 0.315 e. The molecule has 2 aliphatic heterocycles. The van der Waals surface area contributed by atoms with Crippen LogP contribution in [-0.4, -0.2) is 60.7 Å². The van der Waals surface area contributed by atoms with E-state index in [9.17, 15) is 9.59 Å². The van der Waals surface area contributed by atoms with Gasteiger partial charge in [-0.25, -0.2) is 4.79 Å². The van der Waals surface area contributed by atoms with Gasteiger partial charge in [-0.3, -0.25) is 9.78 Å². The largest absolute Gasteiger partial charge is 0.381 e. The molecule has 0 radical (unpaired) electrons. The number of urea groups is 1.